The van der Waals surface area contributed by atoms with Gasteiger partial charge in [-0.2, -0.15) is 5.10 Å². The number of methoxy groups -OCH3 is 1. The van der Waals surface area contributed by atoms with Gasteiger partial charge in [0.15, 0.2) is 0 Å². The Morgan fingerprint density at radius 1 is 1.34 bits per heavy atom. The van der Waals surface area contributed by atoms with Gasteiger partial charge in [-0.25, -0.2) is 9.48 Å². The summed E-state index contributed by atoms with van der Waals surface area (Å²) < 4.78 is 8.15. The number of aromatic nitrogens is 3. The average molecular weight is 403 g/mol. The Hall–Kier alpha value is -3.01. The largest absolute Gasteiger partial charge is 0.383 e. The molecule has 1 amide bonds. The number of nitro benzene ring substituents is 1. The van der Waals surface area contributed by atoms with Crippen molar-refractivity contribution in [1.29, 1.82) is 0 Å². The number of carbonyl (C=O) groups excluding carboxylic acids is 1. The highest BCUT2D eigenvalue weighted by Gasteiger charge is 2.29. The zero-order valence-corrected chi connectivity index (χ0v) is 16.6. The second-order valence-electron chi connectivity index (χ2n) is 6.97. The van der Waals surface area contributed by atoms with E-state index in [2.05, 4.69) is 5.10 Å². The van der Waals surface area contributed by atoms with Crippen molar-refractivity contribution in [2.45, 2.75) is 38.8 Å². The maximum absolute atomic E-state index is 12.7. The van der Waals surface area contributed by atoms with Crippen LogP contribution in [-0.2, 0) is 17.8 Å². The highest BCUT2D eigenvalue weighted by atomic mass is 16.6. The number of ether oxygens (including phenoxy) is 1. The van der Waals surface area contributed by atoms with Crippen LogP contribution in [0.1, 0.15) is 41.9 Å². The Kier molecular flexibility index (Phi) is 6.42. The monoisotopic (exact) mass is 403 g/mol. The van der Waals surface area contributed by atoms with Crippen molar-refractivity contribution in [3.05, 3.63) is 56.3 Å². The second kappa shape index (κ2) is 8.99. The average Bonchev–Trinajstić information content (AvgIpc) is 3.07. The van der Waals surface area contributed by atoms with E-state index < -0.39 is 4.92 Å². The van der Waals surface area contributed by atoms with Gasteiger partial charge in [-0.15, -0.1) is 0 Å². The van der Waals surface area contributed by atoms with Gasteiger partial charge >= 0.3 is 5.69 Å². The zero-order valence-electron chi connectivity index (χ0n) is 16.6. The van der Waals surface area contributed by atoms with Crippen LogP contribution >= 0.6 is 0 Å². The van der Waals surface area contributed by atoms with E-state index in [1.807, 2.05) is 6.92 Å². The van der Waals surface area contributed by atoms with Gasteiger partial charge in [0.05, 0.1) is 18.1 Å². The van der Waals surface area contributed by atoms with Gasteiger partial charge in [0, 0.05) is 50.4 Å². The quantitative estimate of drug-likeness (QED) is 0.513. The lowest BCUT2D eigenvalue weighted by atomic mass is 9.95. The van der Waals surface area contributed by atoms with Gasteiger partial charge in [0.2, 0.25) is 0 Å². The Bertz CT molecular complexity index is 943. The maximum Gasteiger partial charge on any atom is 0.345 e. The molecule has 29 heavy (non-hydrogen) atoms. The number of rotatable bonds is 7. The second-order valence-corrected chi connectivity index (χ2v) is 6.97. The fraction of sp³-hybridized carbons (Fsp3) is 0.526. The molecule has 0 atom stereocenters. The van der Waals surface area contributed by atoms with Crippen molar-refractivity contribution in [3.8, 4) is 0 Å². The number of nitrogens with zero attached hydrogens (tertiary/aromatic N) is 5. The summed E-state index contributed by atoms with van der Waals surface area (Å²) in [5.74, 6) is 0.613. The first-order valence-corrected chi connectivity index (χ1v) is 9.66. The van der Waals surface area contributed by atoms with Gasteiger partial charge in [0.1, 0.15) is 5.82 Å². The number of hydrogen-bond donors (Lipinski definition) is 0. The summed E-state index contributed by atoms with van der Waals surface area (Å²) in [6.07, 6.45) is 1.36. The molecule has 2 aromatic rings. The number of piperidine rings is 1. The van der Waals surface area contributed by atoms with Gasteiger partial charge in [0.25, 0.3) is 11.6 Å². The molecular formula is C19H25N5O5. The number of carbonyl (C=O) groups is 1. The minimum Gasteiger partial charge on any atom is -0.383 e. The topological polar surface area (TPSA) is 112 Å². The van der Waals surface area contributed by atoms with Gasteiger partial charge in [-0.05, 0) is 25.8 Å². The summed E-state index contributed by atoms with van der Waals surface area (Å²) in [5, 5.41) is 15.5. The molecule has 0 unspecified atom stereocenters. The maximum atomic E-state index is 12.7. The van der Waals surface area contributed by atoms with Gasteiger partial charge < -0.3 is 9.64 Å². The first kappa shape index (κ1) is 20.7. The van der Waals surface area contributed by atoms with E-state index in [0.29, 0.717) is 51.2 Å². The molecule has 0 aliphatic carbocycles. The normalized spacial score (nSPS) is 14.9. The third kappa shape index (κ3) is 4.37. The minimum atomic E-state index is -0.507. The summed E-state index contributed by atoms with van der Waals surface area (Å²) in [6, 6.07) is 5.78. The number of amides is 1. The minimum absolute atomic E-state index is 0.0839. The molecular weight excluding hydrogens is 378 g/mol. The predicted octanol–water partition coefficient (Wildman–Crippen LogP) is 1.64. The molecule has 1 fully saturated rings. The van der Waals surface area contributed by atoms with Crippen molar-refractivity contribution in [2.24, 2.45) is 0 Å². The molecule has 1 saturated heterocycles. The Labute approximate surface area is 167 Å². The first-order valence-electron chi connectivity index (χ1n) is 9.66. The van der Waals surface area contributed by atoms with E-state index in [-0.39, 0.29) is 23.2 Å². The summed E-state index contributed by atoms with van der Waals surface area (Å²) in [5.41, 5.74) is 0.0703. The molecule has 10 nitrogen and oxygen atoms in total. The molecule has 1 aliphatic rings. The number of hydrogen-bond acceptors (Lipinski definition) is 6. The fourth-order valence-corrected chi connectivity index (χ4v) is 3.66. The van der Waals surface area contributed by atoms with Crippen molar-refractivity contribution in [1.82, 2.24) is 19.2 Å². The van der Waals surface area contributed by atoms with Crippen molar-refractivity contribution in [2.75, 3.05) is 26.8 Å². The summed E-state index contributed by atoms with van der Waals surface area (Å²) in [7, 11) is 1.58. The first-order chi connectivity index (χ1) is 14.0. The molecule has 0 radical (unpaired) electrons. The van der Waals surface area contributed by atoms with Crippen LogP contribution in [0.5, 0.6) is 0 Å². The van der Waals surface area contributed by atoms with Gasteiger partial charge in [-0.1, -0.05) is 6.07 Å². The van der Waals surface area contributed by atoms with E-state index in [0.717, 1.165) is 5.82 Å². The van der Waals surface area contributed by atoms with Crippen LogP contribution in [-0.4, -0.2) is 56.9 Å². The number of benzene rings is 1. The smallest absolute Gasteiger partial charge is 0.345 e. The molecule has 2 heterocycles. The van der Waals surface area contributed by atoms with E-state index >= 15 is 0 Å². The molecule has 0 spiro atoms. The number of nitro groups is 1. The Morgan fingerprint density at radius 3 is 2.69 bits per heavy atom. The molecule has 10 heteroatoms. The molecule has 1 aromatic heterocycles. The zero-order chi connectivity index (χ0) is 21.0. The molecule has 1 aromatic carbocycles. The van der Waals surface area contributed by atoms with E-state index in [4.69, 9.17) is 4.74 Å². The lowest BCUT2D eigenvalue weighted by Gasteiger charge is -2.31. The predicted molar refractivity (Wildman–Crippen MR) is 105 cm³/mol. The van der Waals surface area contributed by atoms with Crippen molar-refractivity contribution < 1.29 is 14.5 Å². The van der Waals surface area contributed by atoms with Crippen molar-refractivity contribution in [3.63, 3.8) is 0 Å². The highest BCUT2D eigenvalue weighted by molar-refractivity contribution is 5.94. The van der Waals surface area contributed by atoms with Gasteiger partial charge in [-0.3, -0.25) is 19.5 Å². The Balaban J connectivity index is 1.71. The highest BCUT2D eigenvalue weighted by Crippen LogP contribution is 2.27. The molecule has 3 rings (SSSR count). The number of non-ortho nitro benzene ring substituents is 1. The van der Waals surface area contributed by atoms with Crippen LogP contribution in [0.4, 0.5) is 5.69 Å². The SMILES string of the molecule is CCn1c(C2CCN(C(=O)c3cccc([N+](=O)[O-])c3)CC2)nn(CCOC)c1=O. The standard InChI is InChI=1S/C19H25N5O5/c1-3-22-17(20-23(19(22)26)11-12-29-2)14-7-9-21(10-8-14)18(25)15-5-4-6-16(13-15)24(27)28/h4-6,13-14H,3,7-12H2,1-2H3. The fourth-order valence-electron chi connectivity index (χ4n) is 3.66. The van der Waals surface area contributed by atoms with Crippen molar-refractivity contribution >= 4 is 11.6 Å². The molecule has 0 N–H and O–H groups in total. The third-order valence-electron chi connectivity index (χ3n) is 5.23. The van der Waals surface area contributed by atoms with E-state index in [9.17, 15) is 19.7 Å². The van der Waals surface area contributed by atoms with Crippen LogP contribution < -0.4 is 5.69 Å². The van der Waals surface area contributed by atoms with E-state index in [1.165, 1.54) is 22.9 Å². The number of likely N-dealkylation sites (tertiary alicyclic amines) is 1. The molecule has 1 aliphatic heterocycles. The summed E-state index contributed by atoms with van der Waals surface area (Å²) >= 11 is 0. The van der Waals surface area contributed by atoms with Crippen LogP contribution in [0.15, 0.2) is 29.1 Å². The van der Waals surface area contributed by atoms with Crippen LogP contribution in [0, 0.1) is 10.1 Å². The lowest BCUT2D eigenvalue weighted by Crippen LogP contribution is -2.38. The van der Waals surface area contributed by atoms with E-state index in [1.54, 1.807) is 22.6 Å². The van der Waals surface area contributed by atoms with Crippen LogP contribution in [0.25, 0.3) is 0 Å². The summed E-state index contributed by atoms with van der Waals surface area (Å²) in [6.45, 7) is 4.28. The molecule has 0 saturated carbocycles. The van der Waals surface area contributed by atoms with Crippen LogP contribution in [0.2, 0.25) is 0 Å². The Morgan fingerprint density at radius 2 is 2.07 bits per heavy atom. The third-order valence-corrected chi connectivity index (χ3v) is 5.23. The van der Waals surface area contributed by atoms with Crippen LogP contribution in [0.3, 0.4) is 0 Å². The lowest BCUT2D eigenvalue weighted by molar-refractivity contribution is -0.384. The summed E-state index contributed by atoms with van der Waals surface area (Å²) in [4.78, 5) is 37.4. The molecule has 156 valence electrons. The molecule has 0 bridgehead atoms.